The maximum atomic E-state index is 12.4. The van der Waals surface area contributed by atoms with E-state index in [0.29, 0.717) is 0 Å². The van der Waals surface area contributed by atoms with Gasteiger partial charge in [-0.05, 0) is 20.8 Å². The zero-order valence-corrected chi connectivity index (χ0v) is 12.7. The second-order valence-electron chi connectivity index (χ2n) is 5.67. The third-order valence-electron chi connectivity index (χ3n) is 2.50. The number of nitrogens with one attached hydrogen (secondary N) is 1. The van der Waals surface area contributed by atoms with Crippen LogP contribution in [0.2, 0.25) is 0 Å². The lowest BCUT2D eigenvalue weighted by atomic mass is 10.0. The summed E-state index contributed by atoms with van der Waals surface area (Å²) in [7, 11) is 0. The Bertz CT molecular complexity index is 591. The van der Waals surface area contributed by atoms with Crippen molar-refractivity contribution in [1.29, 1.82) is 0 Å². The number of hydrogen-bond donors (Lipinski definition) is 1. The van der Waals surface area contributed by atoms with Crippen molar-refractivity contribution in [3.05, 3.63) is 35.9 Å². The summed E-state index contributed by atoms with van der Waals surface area (Å²) in [5.74, 6) is -4.64. The summed E-state index contributed by atoms with van der Waals surface area (Å²) in [6.45, 7) is 4.46. The van der Waals surface area contributed by atoms with E-state index in [1.165, 1.54) is 50.4 Å². The van der Waals surface area contributed by atoms with Crippen LogP contribution in [-0.2, 0) is 14.3 Å². The van der Waals surface area contributed by atoms with Gasteiger partial charge in [0.15, 0.2) is 11.8 Å². The Hall–Kier alpha value is -2.38. The molecule has 0 heterocycles. The molecule has 0 radical (unpaired) electrons. The van der Waals surface area contributed by atoms with E-state index in [0.717, 1.165) is 0 Å². The molecule has 0 saturated carbocycles. The third-order valence-corrected chi connectivity index (χ3v) is 2.50. The van der Waals surface area contributed by atoms with Crippen molar-refractivity contribution in [2.24, 2.45) is 0 Å². The lowest BCUT2D eigenvalue weighted by Crippen LogP contribution is -2.52. The molecular weight excluding hydrogens is 315 g/mol. The first kappa shape index (κ1) is 18.7. The molecule has 1 unspecified atom stereocenters. The number of Topliss-reactive ketones (excluding diaryl/α,β-unsaturated/α-hetero) is 1. The van der Waals surface area contributed by atoms with Crippen LogP contribution < -0.4 is 5.32 Å². The zero-order chi connectivity index (χ0) is 17.8. The highest BCUT2D eigenvalue weighted by Crippen LogP contribution is 2.17. The zero-order valence-electron chi connectivity index (χ0n) is 12.7. The SMILES string of the molecule is CC(C)(C)OC(=O)C(NC(=O)C(F)(F)F)C(=O)c1ccccc1. The van der Waals surface area contributed by atoms with Crippen LogP contribution in [0, 0.1) is 0 Å². The van der Waals surface area contributed by atoms with Crippen LogP contribution in [0.4, 0.5) is 13.2 Å². The van der Waals surface area contributed by atoms with Gasteiger partial charge in [-0.15, -0.1) is 0 Å². The molecule has 0 aliphatic rings. The Morgan fingerprint density at radius 2 is 1.57 bits per heavy atom. The number of hydrogen-bond acceptors (Lipinski definition) is 4. The van der Waals surface area contributed by atoms with Crippen LogP contribution in [0.1, 0.15) is 31.1 Å². The predicted molar refractivity (Wildman–Crippen MR) is 74.6 cm³/mol. The lowest BCUT2D eigenvalue weighted by Gasteiger charge is -2.24. The highest BCUT2D eigenvalue weighted by atomic mass is 19.4. The van der Waals surface area contributed by atoms with Gasteiger partial charge in [-0.1, -0.05) is 30.3 Å². The van der Waals surface area contributed by atoms with Crippen molar-refractivity contribution in [2.45, 2.75) is 38.6 Å². The Kier molecular flexibility index (Phi) is 5.52. The van der Waals surface area contributed by atoms with Gasteiger partial charge >= 0.3 is 18.1 Å². The highest BCUT2D eigenvalue weighted by Gasteiger charge is 2.43. The molecule has 0 aliphatic heterocycles. The molecule has 8 heteroatoms. The quantitative estimate of drug-likeness (QED) is 0.522. The minimum atomic E-state index is -5.22. The van der Waals surface area contributed by atoms with E-state index in [2.05, 4.69) is 0 Å². The van der Waals surface area contributed by atoms with Crippen LogP contribution in [0.5, 0.6) is 0 Å². The molecule has 1 N–H and O–H groups in total. The summed E-state index contributed by atoms with van der Waals surface area (Å²) < 4.78 is 42.1. The fourth-order valence-corrected chi connectivity index (χ4v) is 1.57. The van der Waals surface area contributed by atoms with Crippen molar-refractivity contribution < 1.29 is 32.3 Å². The lowest BCUT2D eigenvalue weighted by molar-refractivity contribution is -0.176. The van der Waals surface area contributed by atoms with E-state index in [1.54, 1.807) is 6.07 Å². The second kappa shape index (κ2) is 6.80. The maximum absolute atomic E-state index is 12.4. The number of halogens is 3. The molecular formula is C15H16F3NO4. The van der Waals surface area contributed by atoms with E-state index in [-0.39, 0.29) is 5.56 Å². The first-order valence-corrected chi connectivity index (χ1v) is 6.61. The standard InChI is InChI=1S/C15H16F3NO4/c1-14(2,3)23-12(21)10(19-13(22)15(16,17)18)11(20)9-7-5-4-6-8-9/h4-8,10H,1-3H3,(H,19,22). The molecule has 1 rings (SSSR count). The number of carbonyl (C=O) groups is 3. The van der Waals surface area contributed by atoms with E-state index in [1.807, 2.05) is 0 Å². The Morgan fingerprint density at radius 3 is 2.00 bits per heavy atom. The number of rotatable bonds is 4. The summed E-state index contributed by atoms with van der Waals surface area (Å²) in [6, 6.07) is 5.10. The molecule has 1 aromatic carbocycles. The summed E-state index contributed by atoms with van der Waals surface area (Å²) in [4.78, 5) is 35.3. The number of benzene rings is 1. The van der Waals surface area contributed by atoms with Crippen LogP contribution in [-0.4, -0.2) is 35.5 Å². The summed E-state index contributed by atoms with van der Waals surface area (Å²) in [6.07, 6.45) is -5.22. The minimum Gasteiger partial charge on any atom is -0.458 e. The summed E-state index contributed by atoms with van der Waals surface area (Å²) in [5, 5.41) is 1.39. The second-order valence-corrected chi connectivity index (χ2v) is 5.67. The minimum absolute atomic E-state index is 0.0224. The van der Waals surface area contributed by atoms with Gasteiger partial charge in [-0.25, -0.2) is 4.79 Å². The Labute approximate surface area is 130 Å². The molecule has 0 bridgehead atoms. The number of carbonyl (C=O) groups excluding carboxylic acids is 3. The first-order valence-electron chi connectivity index (χ1n) is 6.61. The van der Waals surface area contributed by atoms with Crippen LogP contribution >= 0.6 is 0 Å². The number of amides is 1. The van der Waals surface area contributed by atoms with Crippen molar-refractivity contribution in [1.82, 2.24) is 5.32 Å². The van der Waals surface area contributed by atoms with Gasteiger partial charge in [0.25, 0.3) is 0 Å². The number of ketones is 1. The van der Waals surface area contributed by atoms with Crippen molar-refractivity contribution in [2.75, 3.05) is 0 Å². The molecule has 126 valence electrons. The van der Waals surface area contributed by atoms with E-state index in [4.69, 9.17) is 4.74 Å². The van der Waals surface area contributed by atoms with Gasteiger partial charge < -0.3 is 10.1 Å². The van der Waals surface area contributed by atoms with Crippen LogP contribution in [0.25, 0.3) is 0 Å². The number of esters is 1. The smallest absolute Gasteiger partial charge is 0.458 e. The average Bonchev–Trinajstić information content (AvgIpc) is 2.41. The highest BCUT2D eigenvalue weighted by molar-refractivity contribution is 6.14. The fourth-order valence-electron chi connectivity index (χ4n) is 1.57. The molecule has 0 saturated heterocycles. The fraction of sp³-hybridized carbons (Fsp3) is 0.400. The average molecular weight is 331 g/mol. The van der Waals surface area contributed by atoms with E-state index in [9.17, 15) is 27.6 Å². The molecule has 23 heavy (non-hydrogen) atoms. The number of ether oxygens (including phenoxy) is 1. The van der Waals surface area contributed by atoms with E-state index < -0.39 is 35.5 Å². The topological polar surface area (TPSA) is 72.5 Å². The molecule has 0 aliphatic carbocycles. The molecule has 1 aromatic rings. The number of alkyl halides is 3. The molecule has 0 fully saturated rings. The molecule has 5 nitrogen and oxygen atoms in total. The first-order chi connectivity index (χ1) is 10.4. The van der Waals surface area contributed by atoms with Gasteiger partial charge in [0.1, 0.15) is 5.60 Å². The normalized spacial score (nSPS) is 13.1. The largest absolute Gasteiger partial charge is 0.471 e. The summed E-state index contributed by atoms with van der Waals surface area (Å²) >= 11 is 0. The molecule has 1 amide bonds. The van der Waals surface area contributed by atoms with Gasteiger partial charge in [-0.3, -0.25) is 9.59 Å². The molecule has 1 atom stereocenters. The molecule has 0 spiro atoms. The maximum Gasteiger partial charge on any atom is 0.471 e. The monoisotopic (exact) mass is 331 g/mol. The van der Waals surface area contributed by atoms with Gasteiger partial charge in [-0.2, -0.15) is 13.2 Å². The molecule has 0 aromatic heterocycles. The van der Waals surface area contributed by atoms with Crippen molar-refractivity contribution in [3.63, 3.8) is 0 Å². The van der Waals surface area contributed by atoms with Crippen LogP contribution in [0.3, 0.4) is 0 Å². The Morgan fingerprint density at radius 1 is 1.04 bits per heavy atom. The summed E-state index contributed by atoms with van der Waals surface area (Å²) in [5.41, 5.74) is -1.05. The van der Waals surface area contributed by atoms with Crippen molar-refractivity contribution >= 4 is 17.7 Å². The van der Waals surface area contributed by atoms with Gasteiger partial charge in [0, 0.05) is 5.56 Å². The Balaban J connectivity index is 3.08. The van der Waals surface area contributed by atoms with E-state index >= 15 is 0 Å². The third kappa shape index (κ3) is 5.72. The van der Waals surface area contributed by atoms with Gasteiger partial charge in [0.05, 0.1) is 0 Å². The van der Waals surface area contributed by atoms with Gasteiger partial charge in [0.2, 0.25) is 0 Å². The predicted octanol–water partition coefficient (Wildman–Crippen LogP) is 2.26. The van der Waals surface area contributed by atoms with Crippen LogP contribution in [0.15, 0.2) is 30.3 Å². The van der Waals surface area contributed by atoms with Crippen molar-refractivity contribution in [3.8, 4) is 0 Å².